The predicted octanol–water partition coefficient (Wildman–Crippen LogP) is 3.61. The fraction of sp³-hybridized carbons (Fsp3) is 0.458. The lowest BCUT2D eigenvalue weighted by Gasteiger charge is -2.26. The van der Waals surface area contributed by atoms with Crippen molar-refractivity contribution in [3.8, 4) is 5.75 Å². The van der Waals surface area contributed by atoms with Gasteiger partial charge in [-0.05, 0) is 73.4 Å². The van der Waals surface area contributed by atoms with Crippen LogP contribution in [0.2, 0.25) is 0 Å². The van der Waals surface area contributed by atoms with E-state index >= 15 is 0 Å². The molecule has 0 aromatic heterocycles. The minimum Gasteiger partial charge on any atom is -0.496 e. The smallest absolute Gasteiger partial charge is 0.243 e. The summed E-state index contributed by atoms with van der Waals surface area (Å²) in [6.07, 6.45) is 5.55. The first-order valence-corrected chi connectivity index (χ1v) is 12.5. The number of nitrogens with one attached hydrogen (secondary N) is 1. The molecule has 0 spiro atoms. The summed E-state index contributed by atoms with van der Waals surface area (Å²) in [7, 11) is -1.94. The molecular weight excluding hydrogens is 412 g/mol. The lowest BCUT2D eigenvalue weighted by Crippen LogP contribution is -2.31. The van der Waals surface area contributed by atoms with Crippen molar-refractivity contribution in [2.75, 3.05) is 20.2 Å². The first kappa shape index (κ1) is 21.8. The molecule has 2 aliphatic rings. The van der Waals surface area contributed by atoms with E-state index in [-0.39, 0.29) is 23.3 Å². The van der Waals surface area contributed by atoms with Crippen LogP contribution in [0.1, 0.15) is 54.8 Å². The van der Waals surface area contributed by atoms with Gasteiger partial charge < -0.3 is 10.1 Å². The third-order valence-electron chi connectivity index (χ3n) is 6.28. The van der Waals surface area contributed by atoms with Gasteiger partial charge in [-0.3, -0.25) is 4.79 Å². The lowest BCUT2D eigenvalue weighted by molar-refractivity contribution is -0.121. The van der Waals surface area contributed by atoms with Gasteiger partial charge in [0, 0.05) is 19.5 Å². The van der Waals surface area contributed by atoms with E-state index in [2.05, 4.69) is 17.4 Å². The van der Waals surface area contributed by atoms with E-state index in [1.807, 2.05) is 12.1 Å². The molecule has 1 heterocycles. The van der Waals surface area contributed by atoms with Gasteiger partial charge in [-0.15, -0.1) is 0 Å². The molecule has 6 nitrogen and oxygen atoms in total. The van der Waals surface area contributed by atoms with Crippen LogP contribution in [0.4, 0.5) is 0 Å². The number of methoxy groups -OCH3 is 1. The van der Waals surface area contributed by atoms with Crippen LogP contribution >= 0.6 is 0 Å². The molecule has 1 unspecified atom stereocenters. The van der Waals surface area contributed by atoms with Gasteiger partial charge in [-0.1, -0.05) is 24.3 Å². The molecule has 1 atom stereocenters. The maximum absolute atomic E-state index is 12.9. The lowest BCUT2D eigenvalue weighted by atomic mass is 9.87. The Morgan fingerprint density at radius 3 is 2.68 bits per heavy atom. The number of carbonyl (C=O) groups excluding carboxylic acids is 1. The summed E-state index contributed by atoms with van der Waals surface area (Å²) in [6, 6.07) is 13.3. The Bertz CT molecular complexity index is 1050. The molecule has 4 rings (SSSR count). The molecule has 166 valence electrons. The molecule has 2 aromatic carbocycles. The highest BCUT2D eigenvalue weighted by Crippen LogP contribution is 2.30. The van der Waals surface area contributed by atoms with Gasteiger partial charge in [-0.25, -0.2) is 8.42 Å². The number of ether oxygens (including phenoxy) is 1. The van der Waals surface area contributed by atoms with Crippen molar-refractivity contribution in [1.29, 1.82) is 0 Å². The Kier molecular flexibility index (Phi) is 6.62. The zero-order chi connectivity index (χ0) is 21.8. The van der Waals surface area contributed by atoms with Gasteiger partial charge in [0.2, 0.25) is 15.9 Å². The number of aryl methyl sites for hydroxylation is 2. The van der Waals surface area contributed by atoms with E-state index in [9.17, 15) is 13.2 Å². The van der Waals surface area contributed by atoms with Gasteiger partial charge in [0.15, 0.2) is 0 Å². The SMILES string of the molecule is COc1ccc(S(=O)(=O)N2CCCC2)cc1CCC(=O)NC1CCCc2ccccc21. The van der Waals surface area contributed by atoms with Crippen molar-refractivity contribution in [3.05, 3.63) is 59.2 Å². The van der Waals surface area contributed by atoms with Gasteiger partial charge in [0.1, 0.15) is 5.75 Å². The van der Waals surface area contributed by atoms with Crippen LogP contribution in [0.25, 0.3) is 0 Å². The maximum atomic E-state index is 12.9. The molecule has 31 heavy (non-hydrogen) atoms. The summed E-state index contributed by atoms with van der Waals surface area (Å²) >= 11 is 0. The third-order valence-corrected chi connectivity index (χ3v) is 8.18. The van der Waals surface area contributed by atoms with Gasteiger partial charge in [0.25, 0.3) is 0 Å². The number of rotatable bonds is 7. The summed E-state index contributed by atoms with van der Waals surface area (Å²) in [5.74, 6) is 0.577. The fourth-order valence-corrected chi connectivity index (χ4v) is 6.18. The van der Waals surface area contributed by atoms with Crippen LogP contribution in [0, 0.1) is 0 Å². The Hall–Kier alpha value is -2.38. The van der Waals surface area contributed by atoms with Crippen LogP contribution in [0.5, 0.6) is 5.75 Å². The van der Waals surface area contributed by atoms with Crippen LogP contribution in [0.15, 0.2) is 47.4 Å². The second-order valence-electron chi connectivity index (χ2n) is 8.30. The van der Waals surface area contributed by atoms with Crippen LogP contribution in [-0.2, 0) is 27.7 Å². The second kappa shape index (κ2) is 9.40. The number of benzene rings is 2. The predicted molar refractivity (Wildman–Crippen MR) is 120 cm³/mol. The average molecular weight is 443 g/mol. The largest absolute Gasteiger partial charge is 0.496 e. The maximum Gasteiger partial charge on any atom is 0.243 e. The van der Waals surface area contributed by atoms with Crippen LogP contribution in [-0.4, -0.2) is 38.8 Å². The zero-order valence-corrected chi connectivity index (χ0v) is 18.8. The minimum absolute atomic E-state index is 0.0310. The molecule has 2 aromatic rings. The molecule has 1 saturated heterocycles. The Balaban J connectivity index is 1.45. The Morgan fingerprint density at radius 1 is 1.13 bits per heavy atom. The second-order valence-corrected chi connectivity index (χ2v) is 10.2. The van der Waals surface area contributed by atoms with Crippen molar-refractivity contribution in [3.63, 3.8) is 0 Å². The standard InChI is InChI=1S/C24H30N2O4S/c1-30-23-13-12-20(31(28,29)26-15-4-5-16-26)17-19(23)11-14-24(27)25-22-10-6-8-18-7-2-3-9-21(18)22/h2-3,7,9,12-13,17,22H,4-6,8,10-11,14-16H2,1H3,(H,25,27). The number of hydrogen-bond acceptors (Lipinski definition) is 4. The molecule has 0 bridgehead atoms. The normalized spacial score (nSPS) is 19.1. The fourth-order valence-electron chi connectivity index (χ4n) is 4.61. The topological polar surface area (TPSA) is 75.7 Å². The molecule has 7 heteroatoms. The van der Waals surface area contributed by atoms with Gasteiger partial charge >= 0.3 is 0 Å². The average Bonchev–Trinajstić information content (AvgIpc) is 3.34. The molecular formula is C24H30N2O4S. The van der Waals surface area contributed by atoms with Crippen molar-refractivity contribution >= 4 is 15.9 Å². The number of carbonyl (C=O) groups is 1. The quantitative estimate of drug-likeness (QED) is 0.711. The molecule has 1 aliphatic heterocycles. The summed E-state index contributed by atoms with van der Waals surface area (Å²) in [4.78, 5) is 13.0. The number of sulfonamides is 1. The molecule has 0 saturated carbocycles. The van der Waals surface area contributed by atoms with E-state index in [0.29, 0.717) is 25.3 Å². The van der Waals surface area contributed by atoms with Gasteiger partial charge in [-0.2, -0.15) is 4.31 Å². The Labute approximate surface area is 184 Å². The van der Waals surface area contributed by atoms with E-state index in [4.69, 9.17) is 4.74 Å². The zero-order valence-electron chi connectivity index (χ0n) is 18.0. The number of fused-ring (bicyclic) bond motifs is 1. The summed E-state index contributed by atoms with van der Waals surface area (Å²) in [6.45, 7) is 1.13. The van der Waals surface area contributed by atoms with Crippen molar-refractivity contribution < 1.29 is 17.9 Å². The molecule has 1 fully saturated rings. The summed E-state index contributed by atoms with van der Waals surface area (Å²) in [5, 5.41) is 3.17. The minimum atomic E-state index is -3.50. The number of nitrogens with zero attached hydrogens (tertiary/aromatic N) is 1. The van der Waals surface area contributed by atoms with E-state index in [0.717, 1.165) is 37.7 Å². The first-order valence-electron chi connectivity index (χ1n) is 11.0. The monoisotopic (exact) mass is 442 g/mol. The van der Waals surface area contributed by atoms with Crippen molar-refractivity contribution in [2.24, 2.45) is 0 Å². The highest BCUT2D eigenvalue weighted by atomic mass is 32.2. The molecule has 1 N–H and O–H groups in total. The van der Waals surface area contributed by atoms with E-state index in [1.165, 1.54) is 15.4 Å². The Morgan fingerprint density at radius 2 is 1.90 bits per heavy atom. The van der Waals surface area contributed by atoms with E-state index in [1.54, 1.807) is 25.3 Å². The first-order chi connectivity index (χ1) is 15.0. The molecule has 1 aliphatic carbocycles. The van der Waals surface area contributed by atoms with Gasteiger partial charge in [0.05, 0.1) is 18.0 Å². The van der Waals surface area contributed by atoms with Crippen molar-refractivity contribution in [2.45, 2.75) is 55.9 Å². The highest BCUT2D eigenvalue weighted by Gasteiger charge is 2.28. The van der Waals surface area contributed by atoms with Crippen LogP contribution < -0.4 is 10.1 Å². The summed E-state index contributed by atoms with van der Waals surface area (Å²) < 4.78 is 32.8. The number of amides is 1. The molecule has 1 amide bonds. The highest BCUT2D eigenvalue weighted by molar-refractivity contribution is 7.89. The summed E-state index contributed by atoms with van der Waals surface area (Å²) in [5.41, 5.74) is 3.25. The number of hydrogen-bond donors (Lipinski definition) is 1. The molecule has 0 radical (unpaired) electrons. The third kappa shape index (κ3) is 4.77. The van der Waals surface area contributed by atoms with E-state index < -0.39 is 10.0 Å². The van der Waals surface area contributed by atoms with Crippen molar-refractivity contribution in [1.82, 2.24) is 9.62 Å². The van der Waals surface area contributed by atoms with Crippen LogP contribution in [0.3, 0.4) is 0 Å².